The van der Waals surface area contributed by atoms with E-state index in [0.29, 0.717) is 11.8 Å². The van der Waals surface area contributed by atoms with E-state index in [1.54, 1.807) is 0 Å². The molecule has 1 saturated carbocycles. The number of pyridine rings is 1. The highest BCUT2D eigenvalue weighted by atomic mass is 35.5. The molecule has 2 atom stereocenters. The maximum atomic E-state index is 5.88. The van der Waals surface area contributed by atoms with Crippen LogP contribution in [0.25, 0.3) is 10.9 Å². The Morgan fingerprint density at radius 2 is 2.13 bits per heavy atom. The van der Waals surface area contributed by atoms with E-state index >= 15 is 0 Å². The zero-order chi connectivity index (χ0) is 10.3. The van der Waals surface area contributed by atoms with E-state index in [1.807, 2.05) is 12.3 Å². The number of benzene rings is 1. The van der Waals surface area contributed by atoms with Gasteiger partial charge in [-0.25, -0.2) is 0 Å². The summed E-state index contributed by atoms with van der Waals surface area (Å²) in [6, 6.07) is 10.5. The van der Waals surface area contributed by atoms with Gasteiger partial charge in [0.15, 0.2) is 0 Å². The molecule has 1 aliphatic rings. The fourth-order valence-corrected chi connectivity index (χ4v) is 2.58. The Kier molecular flexibility index (Phi) is 2.14. The van der Waals surface area contributed by atoms with Gasteiger partial charge < -0.3 is 0 Å². The van der Waals surface area contributed by atoms with Crippen molar-refractivity contribution in [1.29, 1.82) is 0 Å². The first-order valence-electron chi connectivity index (χ1n) is 5.30. The minimum absolute atomic E-state index is 0.662. The van der Waals surface area contributed by atoms with Crippen molar-refractivity contribution in [1.82, 2.24) is 4.98 Å². The number of nitrogens with zero attached hydrogens (tertiary/aromatic N) is 1. The zero-order valence-electron chi connectivity index (χ0n) is 8.36. The quantitative estimate of drug-likeness (QED) is 0.701. The van der Waals surface area contributed by atoms with E-state index in [2.05, 4.69) is 29.2 Å². The van der Waals surface area contributed by atoms with Crippen LogP contribution in [0.3, 0.4) is 0 Å². The number of hydrogen-bond acceptors (Lipinski definition) is 1. The molecule has 1 aromatic heterocycles. The second-order valence-electron chi connectivity index (χ2n) is 4.17. The van der Waals surface area contributed by atoms with Crippen LogP contribution in [0.1, 0.15) is 17.9 Å². The lowest BCUT2D eigenvalue weighted by molar-refractivity contribution is 0.927. The van der Waals surface area contributed by atoms with E-state index in [9.17, 15) is 0 Å². The van der Waals surface area contributed by atoms with Gasteiger partial charge in [0.25, 0.3) is 0 Å². The number of rotatable bonds is 2. The van der Waals surface area contributed by atoms with Gasteiger partial charge in [0, 0.05) is 17.5 Å². The Morgan fingerprint density at radius 1 is 1.27 bits per heavy atom. The monoisotopic (exact) mass is 217 g/mol. The molecule has 1 fully saturated rings. The highest BCUT2D eigenvalue weighted by molar-refractivity contribution is 6.18. The maximum Gasteiger partial charge on any atom is 0.0704 e. The lowest BCUT2D eigenvalue weighted by Crippen LogP contribution is -1.88. The van der Waals surface area contributed by atoms with Gasteiger partial charge in [-0.3, -0.25) is 4.98 Å². The molecule has 1 aromatic carbocycles. The standard InChI is InChI=1S/C13H12ClN/c14-8-9-7-12(9)10-5-6-15-13-4-2-1-3-11(10)13/h1-6,9,12H,7-8H2. The van der Waals surface area contributed by atoms with Crippen LogP contribution in [0.5, 0.6) is 0 Å². The van der Waals surface area contributed by atoms with Crippen LogP contribution in [-0.4, -0.2) is 10.9 Å². The highest BCUT2D eigenvalue weighted by Crippen LogP contribution is 2.49. The van der Waals surface area contributed by atoms with Crippen LogP contribution < -0.4 is 0 Å². The molecule has 3 rings (SSSR count). The van der Waals surface area contributed by atoms with E-state index in [1.165, 1.54) is 17.4 Å². The second-order valence-corrected chi connectivity index (χ2v) is 4.48. The third kappa shape index (κ3) is 1.51. The Hall–Kier alpha value is -1.08. The first kappa shape index (κ1) is 9.17. The molecule has 2 unspecified atom stereocenters. The lowest BCUT2D eigenvalue weighted by atomic mass is 10.0. The summed E-state index contributed by atoms with van der Waals surface area (Å²) in [5, 5.41) is 1.29. The molecule has 1 heterocycles. The van der Waals surface area contributed by atoms with Gasteiger partial charge in [0.1, 0.15) is 0 Å². The summed E-state index contributed by atoms with van der Waals surface area (Å²) in [5.41, 5.74) is 2.52. The number of hydrogen-bond donors (Lipinski definition) is 0. The van der Waals surface area contributed by atoms with Crippen molar-refractivity contribution in [2.45, 2.75) is 12.3 Å². The topological polar surface area (TPSA) is 12.9 Å². The molecular formula is C13H12ClN. The number of alkyl halides is 1. The summed E-state index contributed by atoms with van der Waals surface area (Å²) < 4.78 is 0. The molecule has 0 radical (unpaired) electrons. The minimum Gasteiger partial charge on any atom is -0.256 e. The minimum atomic E-state index is 0.662. The predicted molar refractivity (Wildman–Crippen MR) is 63.3 cm³/mol. The fourth-order valence-electron chi connectivity index (χ4n) is 2.24. The summed E-state index contributed by atoms with van der Waals surface area (Å²) in [6.45, 7) is 0. The van der Waals surface area contributed by atoms with Crippen molar-refractivity contribution in [2.24, 2.45) is 5.92 Å². The predicted octanol–water partition coefficient (Wildman–Crippen LogP) is 3.58. The highest BCUT2D eigenvalue weighted by Gasteiger charge is 2.38. The molecule has 15 heavy (non-hydrogen) atoms. The zero-order valence-corrected chi connectivity index (χ0v) is 9.11. The van der Waals surface area contributed by atoms with Gasteiger partial charge in [-0.2, -0.15) is 0 Å². The van der Waals surface area contributed by atoms with Gasteiger partial charge in [-0.15, -0.1) is 11.6 Å². The number of aromatic nitrogens is 1. The van der Waals surface area contributed by atoms with Crippen molar-refractivity contribution in [2.75, 3.05) is 5.88 Å². The molecule has 0 aliphatic heterocycles. The van der Waals surface area contributed by atoms with Crippen LogP contribution in [0, 0.1) is 5.92 Å². The molecule has 1 nitrogen and oxygen atoms in total. The van der Waals surface area contributed by atoms with Crippen LogP contribution in [-0.2, 0) is 0 Å². The molecule has 0 amide bonds. The van der Waals surface area contributed by atoms with Crippen molar-refractivity contribution < 1.29 is 0 Å². The summed E-state index contributed by atoms with van der Waals surface area (Å²) in [4.78, 5) is 4.37. The fraction of sp³-hybridized carbons (Fsp3) is 0.308. The summed E-state index contributed by atoms with van der Waals surface area (Å²) in [7, 11) is 0. The third-order valence-electron chi connectivity index (χ3n) is 3.20. The van der Waals surface area contributed by atoms with E-state index in [0.717, 1.165) is 11.4 Å². The molecule has 76 valence electrons. The van der Waals surface area contributed by atoms with Gasteiger partial charge in [-0.1, -0.05) is 18.2 Å². The van der Waals surface area contributed by atoms with Gasteiger partial charge in [0.2, 0.25) is 0 Å². The van der Waals surface area contributed by atoms with Crippen molar-refractivity contribution in [3.05, 3.63) is 42.1 Å². The molecular weight excluding hydrogens is 206 g/mol. The Bertz CT molecular complexity index is 489. The van der Waals surface area contributed by atoms with Crippen LogP contribution in [0.4, 0.5) is 0 Å². The van der Waals surface area contributed by atoms with Gasteiger partial charge in [-0.05, 0) is 36.0 Å². The number of halogens is 1. The molecule has 0 spiro atoms. The maximum absolute atomic E-state index is 5.88. The molecule has 0 N–H and O–H groups in total. The molecule has 2 aromatic rings. The largest absolute Gasteiger partial charge is 0.256 e. The second kappa shape index (κ2) is 3.49. The average molecular weight is 218 g/mol. The Labute approximate surface area is 94.1 Å². The number of para-hydroxylation sites is 1. The number of fused-ring (bicyclic) bond motifs is 1. The van der Waals surface area contributed by atoms with Crippen molar-refractivity contribution >= 4 is 22.5 Å². The van der Waals surface area contributed by atoms with E-state index < -0.39 is 0 Å². The van der Waals surface area contributed by atoms with Crippen LogP contribution in [0.2, 0.25) is 0 Å². The van der Waals surface area contributed by atoms with Crippen molar-refractivity contribution in [3.8, 4) is 0 Å². The van der Waals surface area contributed by atoms with E-state index in [4.69, 9.17) is 11.6 Å². The average Bonchev–Trinajstić information content (AvgIpc) is 3.07. The van der Waals surface area contributed by atoms with Gasteiger partial charge in [0.05, 0.1) is 5.52 Å². The molecule has 2 heteroatoms. The third-order valence-corrected chi connectivity index (χ3v) is 3.60. The summed E-state index contributed by atoms with van der Waals surface area (Å²) >= 11 is 5.88. The normalized spacial score (nSPS) is 24.3. The lowest BCUT2D eigenvalue weighted by Gasteiger charge is -2.04. The first-order valence-corrected chi connectivity index (χ1v) is 5.83. The SMILES string of the molecule is ClCC1CC1c1ccnc2ccccc12. The van der Waals surface area contributed by atoms with Crippen LogP contribution in [0.15, 0.2) is 36.5 Å². The molecule has 1 aliphatic carbocycles. The van der Waals surface area contributed by atoms with E-state index in [-0.39, 0.29) is 0 Å². The first-order chi connectivity index (χ1) is 7.40. The Balaban J connectivity index is 2.11. The summed E-state index contributed by atoms with van der Waals surface area (Å²) in [5.74, 6) is 2.12. The molecule has 0 bridgehead atoms. The van der Waals surface area contributed by atoms with Crippen LogP contribution >= 0.6 is 11.6 Å². The van der Waals surface area contributed by atoms with Gasteiger partial charge >= 0.3 is 0 Å². The molecule has 0 saturated heterocycles. The Morgan fingerprint density at radius 3 is 2.93 bits per heavy atom. The smallest absolute Gasteiger partial charge is 0.0704 e. The summed E-state index contributed by atoms with van der Waals surface area (Å²) in [6.07, 6.45) is 3.14. The van der Waals surface area contributed by atoms with Crippen molar-refractivity contribution in [3.63, 3.8) is 0 Å².